The first kappa shape index (κ1) is 13.0. The average molecular weight is 242 g/mol. The molecule has 0 unspecified atom stereocenters. The molecule has 0 aromatic heterocycles. The predicted octanol–water partition coefficient (Wildman–Crippen LogP) is 2.68. The first-order valence-electron chi connectivity index (χ1n) is 6.54. The normalized spacial score (nSPS) is 15.7. The van der Waals surface area contributed by atoms with Crippen molar-refractivity contribution in [1.29, 1.82) is 0 Å². The third-order valence-electron chi connectivity index (χ3n) is 3.15. The average Bonchev–Trinajstić information content (AvgIpc) is 2.28. The Morgan fingerprint density at radius 2 is 2.11 bits per heavy atom. The van der Waals surface area contributed by atoms with Crippen molar-refractivity contribution in [1.82, 2.24) is 4.90 Å². The van der Waals surface area contributed by atoms with Gasteiger partial charge >= 0.3 is 0 Å². The summed E-state index contributed by atoms with van der Waals surface area (Å²) in [6.07, 6.45) is 1.08. The molecular formula is C16H22N2. The van der Waals surface area contributed by atoms with Crippen molar-refractivity contribution in [2.45, 2.75) is 33.7 Å². The topological polar surface area (TPSA) is 29.3 Å². The summed E-state index contributed by atoms with van der Waals surface area (Å²) < 4.78 is 0. The number of hydrogen-bond acceptors (Lipinski definition) is 2. The largest absolute Gasteiger partial charge is 0.398 e. The van der Waals surface area contributed by atoms with Gasteiger partial charge in [-0.25, -0.2) is 0 Å². The molecule has 0 spiro atoms. The molecule has 0 amide bonds. The standard InChI is InChI=1S/C16H22N2/c1-16(2,3)9-5-10-18-11-8-13-6-4-7-15(17)14(13)12-18/h4,6-7H,8,10-12,17H2,1-3H3. The minimum Gasteiger partial charge on any atom is -0.398 e. The van der Waals surface area contributed by atoms with E-state index in [0.29, 0.717) is 0 Å². The first-order valence-corrected chi connectivity index (χ1v) is 6.54. The maximum absolute atomic E-state index is 6.04. The molecule has 0 atom stereocenters. The van der Waals surface area contributed by atoms with Gasteiger partial charge in [-0.1, -0.05) is 24.0 Å². The van der Waals surface area contributed by atoms with Crippen molar-refractivity contribution in [3.05, 3.63) is 29.3 Å². The molecule has 0 radical (unpaired) electrons. The summed E-state index contributed by atoms with van der Waals surface area (Å²) >= 11 is 0. The smallest absolute Gasteiger partial charge is 0.0604 e. The number of nitrogens with zero attached hydrogens (tertiary/aromatic N) is 1. The minimum atomic E-state index is 0.0900. The lowest BCUT2D eigenvalue weighted by molar-refractivity contribution is 0.286. The van der Waals surface area contributed by atoms with E-state index in [4.69, 9.17) is 5.73 Å². The summed E-state index contributed by atoms with van der Waals surface area (Å²) in [4.78, 5) is 2.37. The molecule has 1 heterocycles. The summed E-state index contributed by atoms with van der Waals surface area (Å²) in [5.41, 5.74) is 9.74. The van der Waals surface area contributed by atoms with Crippen molar-refractivity contribution < 1.29 is 0 Å². The number of nitrogen functional groups attached to an aromatic ring is 1. The van der Waals surface area contributed by atoms with Crippen LogP contribution in [0.3, 0.4) is 0 Å². The van der Waals surface area contributed by atoms with Crippen molar-refractivity contribution >= 4 is 5.69 Å². The molecule has 0 saturated carbocycles. The summed E-state index contributed by atoms with van der Waals surface area (Å²) in [5.74, 6) is 6.57. The second-order valence-electron chi connectivity index (χ2n) is 6.00. The molecule has 2 nitrogen and oxygen atoms in total. The van der Waals surface area contributed by atoms with Gasteiger partial charge in [-0.2, -0.15) is 0 Å². The second-order valence-corrected chi connectivity index (χ2v) is 6.00. The van der Waals surface area contributed by atoms with E-state index >= 15 is 0 Å². The van der Waals surface area contributed by atoms with Gasteiger partial charge in [-0.3, -0.25) is 4.90 Å². The SMILES string of the molecule is CC(C)(C)C#CCN1CCc2cccc(N)c2C1. The van der Waals surface area contributed by atoms with Crippen LogP contribution in [0.5, 0.6) is 0 Å². The second kappa shape index (κ2) is 5.04. The van der Waals surface area contributed by atoms with E-state index in [1.807, 2.05) is 12.1 Å². The Labute approximate surface area is 110 Å². The molecule has 2 heteroatoms. The number of hydrogen-bond donors (Lipinski definition) is 1. The van der Waals surface area contributed by atoms with E-state index in [2.05, 4.69) is 43.6 Å². The maximum atomic E-state index is 6.04. The van der Waals surface area contributed by atoms with Crippen LogP contribution in [0.25, 0.3) is 0 Å². The Balaban J connectivity index is 2.04. The quantitative estimate of drug-likeness (QED) is 0.606. The summed E-state index contributed by atoms with van der Waals surface area (Å²) in [6, 6.07) is 6.22. The molecule has 2 N–H and O–H groups in total. The van der Waals surface area contributed by atoms with E-state index in [1.54, 1.807) is 0 Å². The number of rotatable bonds is 1. The molecule has 1 aliphatic rings. The van der Waals surface area contributed by atoms with E-state index < -0.39 is 0 Å². The Morgan fingerprint density at radius 3 is 2.83 bits per heavy atom. The van der Waals surface area contributed by atoms with Crippen LogP contribution in [0.2, 0.25) is 0 Å². The lowest BCUT2D eigenvalue weighted by Gasteiger charge is -2.28. The summed E-state index contributed by atoms with van der Waals surface area (Å²) in [7, 11) is 0. The van der Waals surface area contributed by atoms with Gasteiger partial charge in [0.25, 0.3) is 0 Å². The fourth-order valence-electron chi connectivity index (χ4n) is 2.21. The van der Waals surface area contributed by atoms with Gasteiger partial charge in [0.2, 0.25) is 0 Å². The zero-order valence-corrected chi connectivity index (χ0v) is 11.6. The molecule has 0 bridgehead atoms. The van der Waals surface area contributed by atoms with Gasteiger partial charge in [0, 0.05) is 24.2 Å². The summed E-state index contributed by atoms with van der Waals surface area (Å²) in [6.45, 7) is 9.28. The van der Waals surface area contributed by atoms with Crippen LogP contribution < -0.4 is 5.73 Å². The van der Waals surface area contributed by atoms with Gasteiger partial charge < -0.3 is 5.73 Å². The van der Waals surface area contributed by atoms with Gasteiger partial charge in [0.1, 0.15) is 0 Å². The van der Waals surface area contributed by atoms with Crippen LogP contribution in [0.15, 0.2) is 18.2 Å². The predicted molar refractivity (Wildman–Crippen MR) is 77.1 cm³/mol. The number of benzene rings is 1. The fourth-order valence-corrected chi connectivity index (χ4v) is 2.21. The molecule has 1 aromatic carbocycles. The van der Waals surface area contributed by atoms with E-state index in [-0.39, 0.29) is 5.41 Å². The number of fused-ring (bicyclic) bond motifs is 1. The van der Waals surface area contributed by atoms with Crippen molar-refractivity contribution in [2.24, 2.45) is 5.41 Å². The molecule has 0 fully saturated rings. The van der Waals surface area contributed by atoms with Gasteiger partial charge in [-0.15, -0.1) is 0 Å². The first-order chi connectivity index (χ1) is 8.46. The van der Waals surface area contributed by atoms with Crippen LogP contribution in [0, 0.1) is 17.3 Å². The number of anilines is 1. The molecule has 18 heavy (non-hydrogen) atoms. The minimum absolute atomic E-state index is 0.0900. The zero-order chi connectivity index (χ0) is 13.2. The van der Waals surface area contributed by atoms with Crippen molar-refractivity contribution in [3.8, 4) is 11.8 Å². The molecular weight excluding hydrogens is 220 g/mol. The molecule has 1 aliphatic heterocycles. The van der Waals surface area contributed by atoms with E-state index in [9.17, 15) is 0 Å². The van der Waals surface area contributed by atoms with Crippen LogP contribution in [-0.4, -0.2) is 18.0 Å². The van der Waals surface area contributed by atoms with Gasteiger partial charge in [0.05, 0.1) is 6.54 Å². The van der Waals surface area contributed by atoms with E-state index in [1.165, 1.54) is 11.1 Å². The third kappa shape index (κ3) is 3.27. The Kier molecular flexibility index (Phi) is 3.63. The Morgan fingerprint density at radius 1 is 1.33 bits per heavy atom. The van der Waals surface area contributed by atoms with Gasteiger partial charge in [-0.05, 0) is 44.4 Å². The van der Waals surface area contributed by atoms with Crippen LogP contribution >= 0.6 is 0 Å². The van der Waals surface area contributed by atoms with Crippen LogP contribution in [0.4, 0.5) is 5.69 Å². The maximum Gasteiger partial charge on any atom is 0.0604 e. The third-order valence-corrected chi connectivity index (χ3v) is 3.15. The molecule has 1 aromatic rings. The lowest BCUT2D eigenvalue weighted by Crippen LogP contribution is -2.31. The molecule has 96 valence electrons. The highest BCUT2D eigenvalue weighted by Gasteiger charge is 2.17. The highest BCUT2D eigenvalue weighted by Crippen LogP contribution is 2.23. The summed E-state index contributed by atoms with van der Waals surface area (Å²) in [5, 5.41) is 0. The fraction of sp³-hybridized carbons (Fsp3) is 0.500. The highest BCUT2D eigenvalue weighted by atomic mass is 15.1. The molecule has 0 aliphatic carbocycles. The van der Waals surface area contributed by atoms with Gasteiger partial charge in [0.15, 0.2) is 0 Å². The Hall–Kier alpha value is -1.46. The number of nitrogens with two attached hydrogens (primary N) is 1. The monoisotopic (exact) mass is 242 g/mol. The van der Waals surface area contributed by atoms with Crippen molar-refractivity contribution in [3.63, 3.8) is 0 Å². The lowest BCUT2D eigenvalue weighted by atomic mass is 9.97. The Bertz CT molecular complexity index is 486. The van der Waals surface area contributed by atoms with E-state index in [0.717, 1.165) is 31.7 Å². The van der Waals surface area contributed by atoms with Crippen LogP contribution in [-0.2, 0) is 13.0 Å². The zero-order valence-electron chi connectivity index (χ0n) is 11.6. The molecule has 2 rings (SSSR count). The highest BCUT2D eigenvalue weighted by molar-refractivity contribution is 5.51. The van der Waals surface area contributed by atoms with Crippen LogP contribution in [0.1, 0.15) is 31.9 Å². The van der Waals surface area contributed by atoms with Crippen molar-refractivity contribution in [2.75, 3.05) is 18.8 Å². The molecule has 0 saturated heterocycles.